The van der Waals surface area contributed by atoms with Gasteiger partial charge in [-0.25, -0.2) is 10.5 Å². The molecule has 126 valence electrons. The minimum atomic E-state index is -0.499. The molecule has 3 rings (SSSR count). The fraction of sp³-hybridized carbons (Fsp3) is 0.400. The molecule has 1 atom stereocenters. The Morgan fingerprint density at radius 1 is 1.54 bits per heavy atom. The van der Waals surface area contributed by atoms with Gasteiger partial charge in [0.25, 0.3) is 0 Å². The zero-order chi connectivity index (χ0) is 17.1. The third-order valence-electron chi connectivity index (χ3n) is 3.65. The maximum atomic E-state index is 11.1. The molecule has 0 bridgehead atoms. The van der Waals surface area contributed by atoms with Crippen molar-refractivity contribution < 1.29 is 14.4 Å². The van der Waals surface area contributed by atoms with Gasteiger partial charge in [0.15, 0.2) is 11.2 Å². The smallest absolute Gasteiger partial charge is 0.247 e. The first-order valence-electron chi connectivity index (χ1n) is 7.60. The zero-order valence-corrected chi connectivity index (χ0v) is 13.4. The Bertz CT molecular complexity index is 764. The van der Waals surface area contributed by atoms with Crippen LogP contribution in [0.25, 0.3) is 11.2 Å². The van der Waals surface area contributed by atoms with Gasteiger partial charge in [-0.3, -0.25) is 15.0 Å². The highest BCUT2D eigenvalue weighted by atomic mass is 16.5. The molecular weight excluding hydrogens is 312 g/mol. The number of oxazole rings is 1. The highest BCUT2D eigenvalue weighted by Crippen LogP contribution is 2.33. The van der Waals surface area contributed by atoms with Crippen molar-refractivity contribution >= 4 is 17.1 Å². The van der Waals surface area contributed by atoms with Crippen LogP contribution >= 0.6 is 0 Å². The molecule has 0 fully saturated rings. The van der Waals surface area contributed by atoms with Gasteiger partial charge in [0.2, 0.25) is 11.8 Å². The average molecular weight is 330 g/mol. The molecule has 1 amide bonds. The lowest BCUT2D eigenvalue weighted by atomic mass is 10.0. The minimum absolute atomic E-state index is 0.0395. The molecule has 9 nitrogen and oxygen atoms in total. The normalized spacial score (nSPS) is 17.2. The number of hydrogen-bond donors (Lipinski definition) is 2. The number of nitrogens with zero attached hydrogens (tertiary/aromatic N) is 5. The van der Waals surface area contributed by atoms with Gasteiger partial charge in [0.05, 0.1) is 12.2 Å². The van der Waals surface area contributed by atoms with Crippen LogP contribution in [0.15, 0.2) is 44.9 Å². The lowest BCUT2D eigenvalue weighted by Gasteiger charge is -2.25. The van der Waals surface area contributed by atoms with Crippen molar-refractivity contribution in [3.63, 3.8) is 0 Å². The predicted octanol–water partition coefficient (Wildman–Crippen LogP) is 2.38. The van der Waals surface area contributed by atoms with Crippen LogP contribution in [-0.2, 0) is 4.79 Å². The Kier molecular flexibility index (Phi) is 4.52. The molecule has 3 heterocycles. The Morgan fingerprint density at radius 2 is 2.38 bits per heavy atom. The summed E-state index contributed by atoms with van der Waals surface area (Å²) in [5.41, 5.74) is 3.42. The second-order valence-corrected chi connectivity index (χ2v) is 5.79. The van der Waals surface area contributed by atoms with Crippen LogP contribution < -0.4 is 5.48 Å². The molecule has 2 aromatic rings. The number of aromatic nitrogens is 2. The van der Waals surface area contributed by atoms with E-state index in [0.29, 0.717) is 29.4 Å². The standard InChI is InChI=1S/C15H18N6O3/c1-9(2)13(15-17-14-11(24-15)4-3-7-16-14)21-8-10(18-20-21)5-6-12(22)19-23/h3-5,7,9,13,23H,6,8H2,1-2H3,(H,19,22)/b10-5-. The largest absolute Gasteiger partial charge is 0.437 e. The second-order valence-electron chi connectivity index (χ2n) is 5.79. The summed E-state index contributed by atoms with van der Waals surface area (Å²) in [6, 6.07) is 3.42. The van der Waals surface area contributed by atoms with E-state index < -0.39 is 5.91 Å². The molecule has 2 aromatic heterocycles. The molecule has 0 saturated carbocycles. The molecule has 0 radical (unpaired) electrons. The first-order valence-corrected chi connectivity index (χ1v) is 7.60. The Hall–Kier alpha value is -2.81. The van der Waals surface area contributed by atoms with Crippen LogP contribution in [0.3, 0.4) is 0 Å². The van der Waals surface area contributed by atoms with Crippen molar-refractivity contribution in [3.05, 3.63) is 36.0 Å². The molecule has 0 spiro atoms. The molecule has 1 aliphatic heterocycles. The van der Waals surface area contributed by atoms with E-state index in [-0.39, 0.29) is 18.4 Å². The SMILES string of the molecule is CC(C)C(c1nc2ncccc2o1)N1C/C(=C/CC(=O)NO)N=N1. The van der Waals surface area contributed by atoms with Gasteiger partial charge >= 0.3 is 0 Å². The number of fused-ring (bicyclic) bond motifs is 1. The number of amides is 1. The summed E-state index contributed by atoms with van der Waals surface area (Å²) in [5, 5.41) is 18.5. The van der Waals surface area contributed by atoms with Crippen LogP contribution in [0.2, 0.25) is 0 Å². The van der Waals surface area contributed by atoms with Gasteiger partial charge in [0.1, 0.15) is 6.04 Å². The van der Waals surface area contributed by atoms with Crippen LogP contribution in [0.1, 0.15) is 32.2 Å². The predicted molar refractivity (Wildman–Crippen MR) is 83.6 cm³/mol. The lowest BCUT2D eigenvalue weighted by molar-refractivity contribution is -0.128. The van der Waals surface area contributed by atoms with Crippen LogP contribution in [0.5, 0.6) is 0 Å². The number of pyridine rings is 1. The molecule has 1 unspecified atom stereocenters. The van der Waals surface area contributed by atoms with Gasteiger partial charge in [-0.1, -0.05) is 19.1 Å². The summed E-state index contributed by atoms with van der Waals surface area (Å²) < 4.78 is 5.82. The highest BCUT2D eigenvalue weighted by Gasteiger charge is 2.31. The van der Waals surface area contributed by atoms with E-state index >= 15 is 0 Å². The summed E-state index contributed by atoms with van der Waals surface area (Å²) in [6.45, 7) is 4.53. The Balaban J connectivity index is 1.80. The van der Waals surface area contributed by atoms with Gasteiger partial charge in [-0.2, -0.15) is 4.98 Å². The van der Waals surface area contributed by atoms with Crippen molar-refractivity contribution in [1.29, 1.82) is 0 Å². The van der Waals surface area contributed by atoms with E-state index in [1.165, 1.54) is 0 Å². The maximum absolute atomic E-state index is 11.1. The molecule has 0 aliphatic carbocycles. The number of hydrogen-bond acceptors (Lipinski definition) is 8. The molecule has 9 heteroatoms. The number of nitrogens with one attached hydrogen (secondary N) is 1. The van der Waals surface area contributed by atoms with E-state index in [9.17, 15) is 4.79 Å². The zero-order valence-electron chi connectivity index (χ0n) is 13.4. The average Bonchev–Trinajstić information content (AvgIpc) is 3.19. The second kappa shape index (κ2) is 6.75. The van der Waals surface area contributed by atoms with Crippen molar-refractivity contribution in [1.82, 2.24) is 20.5 Å². The van der Waals surface area contributed by atoms with Crippen molar-refractivity contribution in [3.8, 4) is 0 Å². The van der Waals surface area contributed by atoms with Gasteiger partial charge in [-0.15, -0.1) is 5.11 Å². The van der Waals surface area contributed by atoms with Crippen molar-refractivity contribution in [2.75, 3.05) is 6.54 Å². The molecule has 24 heavy (non-hydrogen) atoms. The van der Waals surface area contributed by atoms with Gasteiger partial charge < -0.3 is 4.42 Å². The van der Waals surface area contributed by atoms with Crippen LogP contribution in [0, 0.1) is 5.92 Å². The highest BCUT2D eigenvalue weighted by molar-refractivity contribution is 5.76. The number of hydroxylamine groups is 1. The van der Waals surface area contributed by atoms with E-state index in [1.807, 2.05) is 19.9 Å². The van der Waals surface area contributed by atoms with E-state index in [0.717, 1.165) is 0 Å². The summed E-state index contributed by atoms with van der Waals surface area (Å²) in [7, 11) is 0. The van der Waals surface area contributed by atoms with Gasteiger partial charge in [0, 0.05) is 12.6 Å². The first kappa shape index (κ1) is 16.1. The van der Waals surface area contributed by atoms with Crippen LogP contribution in [-0.4, -0.2) is 32.6 Å². The topological polar surface area (TPSA) is 116 Å². The Morgan fingerprint density at radius 3 is 3.08 bits per heavy atom. The number of carbonyl (C=O) groups excluding carboxylic acids is 1. The first-order chi connectivity index (χ1) is 11.6. The summed E-state index contributed by atoms with van der Waals surface area (Å²) in [5.74, 6) is 0.214. The third kappa shape index (κ3) is 3.25. The fourth-order valence-electron chi connectivity index (χ4n) is 2.53. The van der Waals surface area contributed by atoms with Crippen LogP contribution in [0.4, 0.5) is 0 Å². The summed E-state index contributed by atoms with van der Waals surface area (Å²) in [6.07, 6.45) is 3.33. The maximum Gasteiger partial charge on any atom is 0.247 e. The minimum Gasteiger partial charge on any atom is -0.437 e. The molecule has 0 saturated heterocycles. The quantitative estimate of drug-likeness (QED) is 0.642. The van der Waals surface area contributed by atoms with Crippen molar-refractivity contribution in [2.24, 2.45) is 16.3 Å². The Labute approximate surface area is 138 Å². The summed E-state index contributed by atoms with van der Waals surface area (Å²) >= 11 is 0. The monoisotopic (exact) mass is 330 g/mol. The van der Waals surface area contributed by atoms with Crippen molar-refractivity contribution in [2.45, 2.75) is 26.3 Å². The van der Waals surface area contributed by atoms with E-state index in [1.54, 1.807) is 28.8 Å². The van der Waals surface area contributed by atoms with Gasteiger partial charge in [-0.05, 0) is 24.1 Å². The molecular formula is C15H18N6O3. The molecule has 1 aliphatic rings. The molecule has 0 aromatic carbocycles. The fourth-order valence-corrected chi connectivity index (χ4v) is 2.53. The number of rotatable bonds is 5. The lowest BCUT2D eigenvalue weighted by Crippen LogP contribution is -2.26. The summed E-state index contributed by atoms with van der Waals surface area (Å²) in [4.78, 5) is 19.7. The third-order valence-corrected chi connectivity index (χ3v) is 3.65. The number of carbonyl (C=O) groups is 1. The van der Waals surface area contributed by atoms with E-state index in [2.05, 4.69) is 20.3 Å². The molecule has 2 N–H and O–H groups in total. The van der Waals surface area contributed by atoms with E-state index in [4.69, 9.17) is 9.62 Å².